The van der Waals surface area contributed by atoms with Crippen LogP contribution in [0.5, 0.6) is 0 Å². The second-order valence-corrected chi connectivity index (χ2v) is 6.62. The standard InChI is InChI=1S/C15H33N5/c1-5-19-10-12-20(13-11-19)9-7-6-8-17-14(16)18-15(2,3)4/h5-13H2,1-4H3,(H3,16,17,18). The molecule has 0 unspecified atom stereocenters. The summed E-state index contributed by atoms with van der Waals surface area (Å²) in [5.41, 5.74) is 5.83. The first kappa shape index (κ1) is 17.2. The van der Waals surface area contributed by atoms with Crippen LogP contribution in [0.15, 0.2) is 4.99 Å². The Morgan fingerprint density at radius 1 is 1.10 bits per heavy atom. The maximum absolute atomic E-state index is 5.84. The van der Waals surface area contributed by atoms with Crippen molar-refractivity contribution >= 4 is 5.96 Å². The van der Waals surface area contributed by atoms with Crippen LogP contribution in [-0.2, 0) is 0 Å². The number of likely N-dealkylation sites (N-methyl/N-ethyl adjacent to an activating group) is 1. The second-order valence-electron chi connectivity index (χ2n) is 6.62. The summed E-state index contributed by atoms with van der Waals surface area (Å²) in [5.74, 6) is 0.564. The van der Waals surface area contributed by atoms with E-state index in [1.807, 2.05) is 0 Å². The Bertz CT molecular complexity index is 287. The summed E-state index contributed by atoms with van der Waals surface area (Å²) in [7, 11) is 0. The van der Waals surface area contributed by atoms with Gasteiger partial charge in [-0.05, 0) is 46.7 Å². The number of rotatable bonds is 6. The molecule has 0 atom stereocenters. The van der Waals surface area contributed by atoms with Crippen molar-refractivity contribution in [3.05, 3.63) is 0 Å². The minimum absolute atomic E-state index is 0.00740. The predicted molar refractivity (Wildman–Crippen MR) is 87.2 cm³/mol. The van der Waals surface area contributed by atoms with Gasteiger partial charge in [0.05, 0.1) is 0 Å². The molecule has 0 saturated carbocycles. The summed E-state index contributed by atoms with van der Waals surface area (Å²) in [4.78, 5) is 9.45. The number of nitrogens with two attached hydrogens (primary N) is 1. The second kappa shape index (κ2) is 8.47. The third-order valence-corrected chi connectivity index (χ3v) is 3.58. The van der Waals surface area contributed by atoms with E-state index < -0.39 is 0 Å². The molecule has 1 saturated heterocycles. The number of hydrogen-bond acceptors (Lipinski definition) is 3. The van der Waals surface area contributed by atoms with Crippen LogP contribution in [0.25, 0.3) is 0 Å². The first-order chi connectivity index (χ1) is 9.40. The zero-order chi connectivity index (χ0) is 15.0. The average Bonchev–Trinajstić information content (AvgIpc) is 2.37. The summed E-state index contributed by atoms with van der Waals surface area (Å²) in [5, 5.41) is 3.18. The lowest BCUT2D eigenvalue weighted by Gasteiger charge is -2.33. The monoisotopic (exact) mass is 283 g/mol. The Balaban J connectivity index is 2.06. The van der Waals surface area contributed by atoms with E-state index in [2.05, 4.69) is 47.8 Å². The lowest BCUT2D eigenvalue weighted by molar-refractivity contribution is 0.136. The molecule has 0 radical (unpaired) electrons. The normalized spacial score (nSPS) is 19.3. The molecule has 5 nitrogen and oxygen atoms in total. The third kappa shape index (κ3) is 7.70. The quantitative estimate of drug-likeness (QED) is 0.435. The fraction of sp³-hybridized carbons (Fsp3) is 0.933. The van der Waals surface area contributed by atoms with Crippen molar-refractivity contribution in [1.29, 1.82) is 0 Å². The van der Waals surface area contributed by atoms with Gasteiger partial charge in [-0.15, -0.1) is 0 Å². The highest BCUT2D eigenvalue weighted by Gasteiger charge is 2.14. The molecule has 118 valence electrons. The van der Waals surface area contributed by atoms with E-state index in [1.54, 1.807) is 0 Å². The van der Waals surface area contributed by atoms with Crippen LogP contribution in [0.1, 0.15) is 40.5 Å². The van der Waals surface area contributed by atoms with Gasteiger partial charge >= 0.3 is 0 Å². The van der Waals surface area contributed by atoms with Gasteiger partial charge in [0.1, 0.15) is 0 Å². The van der Waals surface area contributed by atoms with E-state index >= 15 is 0 Å². The van der Waals surface area contributed by atoms with E-state index in [9.17, 15) is 0 Å². The number of unbranched alkanes of at least 4 members (excludes halogenated alkanes) is 1. The minimum Gasteiger partial charge on any atom is -0.370 e. The van der Waals surface area contributed by atoms with E-state index in [-0.39, 0.29) is 5.54 Å². The highest BCUT2D eigenvalue weighted by atomic mass is 15.3. The Kier molecular flexibility index (Phi) is 7.30. The van der Waals surface area contributed by atoms with Crippen molar-refractivity contribution in [1.82, 2.24) is 15.1 Å². The van der Waals surface area contributed by atoms with Crippen LogP contribution >= 0.6 is 0 Å². The van der Waals surface area contributed by atoms with Gasteiger partial charge in [-0.25, -0.2) is 0 Å². The van der Waals surface area contributed by atoms with Crippen molar-refractivity contribution in [3.8, 4) is 0 Å². The molecule has 1 aliphatic heterocycles. The molecule has 1 aliphatic rings. The van der Waals surface area contributed by atoms with Crippen LogP contribution in [0, 0.1) is 0 Å². The van der Waals surface area contributed by atoms with Gasteiger partial charge in [0, 0.05) is 38.3 Å². The molecule has 1 fully saturated rings. The molecule has 20 heavy (non-hydrogen) atoms. The summed E-state index contributed by atoms with van der Waals surface area (Å²) in [6, 6.07) is 0. The summed E-state index contributed by atoms with van der Waals surface area (Å²) < 4.78 is 0. The molecule has 1 heterocycles. The largest absolute Gasteiger partial charge is 0.370 e. The topological polar surface area (TPSA) is 56.9 Å². The maximum Gasteiger partial charge on any atom is 0.188 e. The number of aliphatic imine (C=N–C) groups is 1. The van der Waals surface area contributed by atoms with Crippen LogP contribution < -0.4 is 11.1 Å². The molecule has 0 aromatic carbocycles. The Hall–Kier alpha value is -0.810. The number of hydrogen-bond donors (Lipinski definition) is 2. The highest BCUT2D eigenvalue weighted by molar-refractivity contribution is 5.78. The lowest BCUT2D eigenvalue weighted by Crippen LogP contribution is -2.46. The Morgan fingerprint density at radius 3 is 2.25 bits per heavy atom. The van der Waals surface area contributed by atoms with Crippen molar-refractivity contribution in [2.75, 3.05) is 45.8 Å². The first-order valence-electron chi connectivity index (χ1n) is 7.93. The molecule has 5 heteroatoms. The molecule has 0 aliphatic carbocycles. The molecule has 0 aromatic rings. The summed E-state index contributed by atoms with van der Waals surface area (Å²) in [6.45, 7) is 16.6. The molecule has 1 rings (SSSR count). The lowest BCUT2D eigenvalue weighted by atomic mass is 10.1. The van der Waals surface area contributed by atoms with Gasteiger partial charge in [-0.2, -0.15) is 0 Å². The molecule has 3 N–H and O–H groups in total. The maximum atomic E-state index is 5.84. The van der Waals surface area contributed by atoms with E-state index in [4.69, 9.17) is 5.73 Å². The number of piperazine rings is 1. The summed E-state index contributed by atoms with van der Waals surface area (Å²) in [6.07, 6.45) is 2.32. The van der Waals surface area contributed by atoms with Gasteiger partial charge in [0.15, 0.2) is 5.96 Å². The minimum atomic E-state index is -0.00740. The van der Waals surface area contributed by atoms with Crippen molar-refractivity contribution in [2.45, 2.75) is 46.1 Å². The van der Waals surface area contributed by atoms with E-state index in [1.165, 1.54) is 45.7 Å². The van der Waals surface area contributed by atoms with Crippen LogP contribution in [0.4, 0.5) is 0 Å². The van der Waals surface area contributed by atoms with Crippen LogP contribution in [0.3, 0.4) is 0 Å². The van der Waals surface area contributed by atoms with Crippen LogP contribution in [-0.4, -0.2) is 67.1 Å². The summed E-state index contributed by atoms with van der Waals surface area (Å²) >= 11 is 0. The molecule has 0 amide bonds. The van der Waals surface area contributed by atoms with Crippen molar-refractivity contribution < 1.29 is 0 Å². The SMILES string of the molecule is CCN1CCN(CCCCN=C(N)NC(C)(C)C)CC1. The van der Waals surface area contributed by atoms with Crippen molar-refractivity contribution in [2.24, 2.45) is 10.7 Å². The third-order valence-electron chi connectivity index (χ3n) is 3.58. The van der Waals surface area contributed by atoms with Gasteiger partial charge in [0.2, 0.25) is 0 Å². The van der Waals surface area contributed by atoms with E-state index in [0.29, 0.717) is 5.96 Å². The fourth-order valence-corrected chi connectivity index (χ4v) is 2.40. The smallest absolute Gasteiger partial charge is 0.188 e. The van der Waals surface area contributed by atoms with Crippen molar-refractivity contribution in [3.63, 3.8) is 0 Å². The molecule has 0 spiro atoms. The van der Waals surface area contributed by atoms with E-state index in [0.717, 1.165) is 13.0 Å². The predicted octanol–water partition coefficient (Wildman–Crippen LogP) is 1.11. The number of nitrogens with one attached hydrogen (secondary N) is 1. The molecular weight excluding hydrogens is 250 g/mol. The van der Waals surface area contributed by atoms with Gasteiger partial charge in [-0.3, -0.25) is 4.99 Å². The fourth-order valence-electron chi connectivity index (χ4n) is 2.40. The molecule has 0 aromatic heterocycles. The van der Waals surface area contributed by atoms with Crippen LogP contribution in [0.2, 0.25) is 0 Å². The molecular formula is C15H33N5. The number of guanidine groups is 1. The zero-order valence-electron chi connectivity index (χ0n) is 13.8. The Labute approximate surface area is 124 Å². The number of nitrogens with zero attached hydrogens (tertiary/aromatic N) is 3. The zero-order valence-corrected chi connectivity index (χ0v) is 13.8. The first-order valence-corrected chi connectivity index (χ1v) is 7.93. The highest BCUT2D eigenvalue weighted by Crippen LogP contribution is 2.03. The van der Waals surface area contributed by atoms with Gasteiger partial charge in [-0.1, -0.05) is 6.92 Å². The average molecular weight is 283 g/mol. The molecule has 0 bridgehead atoms. The Morgan fingerprint density at radius 2 is 1.70 bits per heavy atom. The van der Waals surface area contributed by atoms with Gasteiger partial charge in [0.25, 0.3) is 0 Å². The van der Waals surface area contributed by atoms with Gasteiger partial charge < -0.3 is 20.9 Å².